The van der Waals surface area contributed by atoms with Crippen molar-refractivity contribution in [2.24, 2.45) is 0 Å². The second kappa shape index (κ2) is 12.3. The molecule has 38 heavy (non-hydrogen) atoms. The number of fused-ring (bicyclic) bond motifs is 1. The lowest BCUT2D eigenvalue weighted by Crippen LogP contribution is -2.57. The van der Waals surface area contributed by atoms with Crippen LogP contribution in [0, 0.1) is 0 Å². The topological polar surface area (TPSA) is 101 Å². The number of hydrogen-bond acceptors (Lipinski definition) is 6. The molecule has 8 nitrogen and oxygen atoms in total. The molecule has 0 spiro atoms. The van der Waals surface area contributed by atoms with Crippen molar-refractivity contribution in [1.82, 2.24) is 15.2 Å². The van der Waals surface area contributed by atoms with E-state index in [0.717, 1.165) is 16.7 Å². The van der Waals surface area contributed by atoms with E-state index in [9.17, 15) is 14.7 Å². The van der Waals surface area contributed by atoms with Crippen LogP contribution in [0.15, 0.2) is 79.1 Å². The molecule has 2 aromatic carbocycles. The van der Waals surface area contributed by atoms with E-state index in [4.69, 9.17) is 9.47 Å². The third-order valence-electron chi connectivity index (χ3n) is 7.11. The van der Waals surface area contributed by atoms with Crippen LogP contribution in [0.2, 0.25) is 0 Å². The molecule has 0 unspecified atom stereocenters. The zero-order valence-corrected chi connectivity index (χ0v) is 21.2. The average molecular weight is 516 g/mol. The van der Waals surface area contributed by atoms with E-state index in [1.165, 1.54) is 6.20 Å². The van der Waals surface area contributed by atoms with Crippen molar-refractivity contribution in [3.05, 3.63) is 90.3 Å². The molecule has 1 aromatic heterocycles. The fourth-order valence-corrected chi connectivity index (χ4v) is 5.15. The summed E-state index contributed by atoms with van der Waals surface area (Å²) >= 11 is 0. The largest absolute Gasteiger partial charge is 0.389 e. The first-order valence-electron chi connectivity index (χ1n) is 13.1. The van der Waals surface area contributed by atoms with Gasteiger partial charge in [-0.25, -0.2) is 0 Å². The van der Waals surface area contributed by atoms with Gasteiger partial charge in [0.05, 0.1) is 43.4 Å². The number of aliphatic hydroxyl groups is 1. The number of rotatable bonds is 6. The Kier molecular flexibility index (Phi) is 8.43. The average Bonchev–Trinajstić information content (AvgIpc) is 2.95. The van der Waals surface area contributed by atoms with E-state index in [2.05, 4.69) is 34.6 Å². The van der Waals surface area contributed by atoms with Crippen molar-refractivity contribution in [2.45, 2.75) is 50.2 Å². The Balaban J connectivity index is 1.16. The van der Waals surface area contributed by atoms with Gasteiger partial charge in [0.1, 0.15) is 6.10 Å². The fourth-order valence-electron chi connectivity index (χ4n) is 5.15. The maximum atomic E-state index is 13.3. The molecule has 4 atom stereocenters. The van der Waals surface area contributed by atoms with Crippen molar-refractivity contribution < 1.29 is 24.2 Å². The molecule has 5 rings (SSSR count). The van der Waals surface area contributed by atoms with Gasteiger partial charge in [0.15, 0.2) is 0 Å². The van der Waals surface area contributed by atoms with Gasteiger partial charge in [-0.2, -0.15) is 0 Å². The molecule has 2 fully saturated rings. The predicted molar refractivity (Wildman–Crippen MR) is 142 cm³/mol. The lowest BCUT2D eigenvalue weighted by Gasteiger charge is -2.44. The van der Waals surface area contributed by atoms with Gasteiger partial charge in [-0.1, -0.05) is 54.6 Å². The first-order valence-corrected chi connectivity index (χ1v) is 13.1. The smallest absolute Gasteiger partial charge is 0.255 e. The van der Waals surface area contributed by atoms with E-state index in [1.807, 2.05) is 30.3 Å². The van der Waals surface area contributed by atoms with Crippen LogP contribution in [0.1, 0.15) is 35.2 Å². The standard InChI is InChI=1S/C30H33N3O5/c34-25-18-33(30(36)24-7-4-14-31-17-24)27-13-12-26(38-28(27)20-37-19-25)15-29(35)32-16-21-8-10-23(11-9-21)22-5-2-1-3-6-22/h1-11,14,17,25-28,34H,12-13,15-16,18-20H2,(H,32,35)/t25-,26+,27-,28+/m1/s1. The Morgan fingerprint density at radius 1 is 0.974 bits per heavy atom. The van der Waals surface area contributed by atoms with Crippen LogP contribution in [0.4, 0.5) is 0 Å². The first kappa shape index (κ1) is 26.0. The van der Waals surface area contributed by atoms with Gasteiger partial charge in [-0.05, 0) is 41.7 Å². The summed E-state index contributed by atoms with van der Waals surface area (Å²) in [7, 11) is 0. The Bertz CT molecular complexity index is 1210. The summed E-state index contributed by atoms with van der Waals surface area (Å²) in [6.07, 6.45) is 3.27. The number of aromatic nitrogens is 1. The molecular formula is C30H33N3O5. The quantitative estimate of drug-likeness (QED) is 0.523. The Morgan fingerprint density at radius 3 is 2.53 bits per heavy atom. The molecular weight excluding hydrogens is 482 g/mol. The molecule has 0 aliphatic carbocycles. The Labute approximate surface area is 222 Å². The summed E-state index contributed by atoms with van der Waals surface area (Å²) in [6.45, 7) is 0.982. The molecule has 3 aromatic rings. The van der Waals surface area contributed by atoms with Gasteiger partial charge in [0, 0.05) is 25.5 Å². The molecule has 0 radical (unpaired) electrons. The van der Waals surface area contributed by atoms with Gasteiger partial charge in [-0.15, -0.1) is 0 Å². The van der Waals surface area contributed by atoms with Crippen LogP contribution in [-0.2, 0) is 20.8 Å². The number of hydrogen-bond donors (Lipinski definition) is 2. The summed E-state index contributed by atoms with van der Waals surface area (Å²) in [5.74, 6) is -0.266. The lowest BCUT2D eigenvalue weighted by atomic mass is 9.94. The number of aliphatic hydroxyl groups excluding tert-OH is 1. The van der Waals surface area contributed by atoms with Gasteiger partial charge in [0.25, 0.3) is 5.91 Å². The number of nitrogens with one attached hydrogen (secondary N) is 1. The van der Waals surface area contributed by atoms with Crippen molar-refractivity contribution >= 4 is 11.8 Å². The number of amides is 2. The molecule has 2 aliphatic heterocycles. The van der Waals surface area contributed by atoms with Gasteiger partial charge in [0.2, 0.25) is 5.91 Å². The zero-order chi connectivity index (χ0) is 26.3. The molecule has 2 amide bonds. The molecule has 3 heterocycles. The number of ether oxygens (including phenoxy) is 2. The summed E-state index contributed by atoms with van der Waals surface area (Å²) in [4.78, 5) is 31.7. The lowest BCUT2D eigenvalue weighted by molar-refractivity contribution is -0.151. The monoisotopic (exact) mass is 515 g/mol. The predicted octanol–water partition coefficient (Wildman–Crippen LogP) is 3.20. The van der Waals surface area contributed by atoms with E-state index in [1.54, 1.807) is 23.2 Å². The highest BCUT2D eigenvalue weighted by Crippen LogP contribution is 2.29. The minimum absolute atomic E-state index is 0.0777. The minimum atomic E-state index is -0.776. The Morgan fingerprint density at radius 2 is 1.76 bits per heavy atom. The van der Waals surface area contributed by atoms with Crippen LogP contribution in [-0.4, -0.2) is 70.9 Å². The van der Waals surface area contributed by atoms with E-state index < -0.39 is 6.10 Å². The van der Waals surface area contributed by atoms with Crippen LogP contribution in [0.3, 0.4) is 0 Å². The van der Waals surface area contributed by atoms with Crippen molar-refractivity contribution in [3.63, 3.8) is 0 Å². The molecule has 198 valence electrons. The number of pyridine rings is 1. The zero-order valence-electron chi connectivity index (χ0n) is 21.2. The van der Waals surface area contributed by atoms with Gasteiger partial charge >= 0.3 is 0 Å². The number of benzene rings is 2. The fraction of sp³-hybridized carbons (Fsp3) is 0.367. The highest BCUT2D eigenvalue weighted by atomic mass is 16.5. The second-order valence-corrected chi connectivity index (χ2v) is 9.88. The number of β-amino-alcohol motifs (C(OH)–C–C–N with tert-alkyl or cyclic N) is 1. The SMILES string of the molecule is O=C(C[C@@H]1CC[C@@H]2[C@H](COC[C@H](O)CN2C(=O)c2cccnc2)O1)NCc1ccc(-c2ccccc2)cc1. The van der Waals surface area contributed by atoms with Crippen molar-refractivity contribution in [3.8, 4) is 11.1 Å². The summed E-state index contributed by atoms with van der Waals surface area (Å²) in [5.41, 5.74) is 3.79. The summed E-state index contributed by atoms with van der Waals surface area (Å²) < 4.78 is 12.0. The third kappa shape index (κ3) is 6.45. The molecule has 0 bridgehead atoms. The van der Waals surface area contributed by atoms with E-state index in [-0.39, 0.29) is 56.2 Å². The third-order valence-corrected chi connectivity index (χ3v) is 7.11. The van der Waals surface area contributed by atoms with E-state index >= 15 is 0 Å². The molecule has 2 N–H and O–H groups in total. The highest BCUT2D eigenvalue weighted by molar-refractivity contribution is 5.94. The van der Waals surface area contributed by atoms with Gasteiger partial charge in [-0.3, -0.25) is 14.6 Å². The van der Waals surface area contributed by atoms with Crippen molar-refractivity contribution in [2.75, 3.05) is 19.8 Å². The molecule has 2 aliphatic rings. The second-order valence-electron chi connectivity index (χ2n) is 9.88. The maximum Gasteiger partial charge on any atom is 0.255 e. The summed E-state index contributed by atoms with van der Waals surface area (Å²) in [6, 6.07) is 21.5. The normalized spacial score (nSPS) is 23.6. The molecule has 2 saturated heterocycles. The maximum absolute atomic E-state index is 13.3. The number of nitrogens with zero attached hydrogens (tertiary/aromatic N) is 2. The van der Waals surface area contributed by atoms with Crippen LogP contribution in [0.5, 0.6) is 0 Å². The van der Waals surface area contributed by atoms with E-state index in [0.29, 0.717) is 24.9 Å². The first-order chi connectivity index (χ1) is 18.6. The minimum Gasteiger partial charge on any atom is -0.389 e. The number of carbonyl (C=O) groups is 2. The molecule has 0 saturated carbocycles. The highest BCUT2D eigenvalue weighted by Gasteiger charge is 2.40. The van der Waals surface area contributed by atoms with Crippen molar-refractivity contribution in [1.29, 1.82) is 0 Å². The van der Waals surface area contributed by atoms with Crippen LogP contribution in [0.25, 0.3) is 11.1 Å². The number of carbonyl (C=O) groups excluding carboxylic acids is 2. The van der Waals surface area contributed by atoms with Crippen LogP contribution < -0.4 is 5.32 Å². The Hall–Kier alpha value is -3.59. The van der Waals surface area contributed by atoms with Gasteiger partial charge < -0.3 is 24.8 Å². The molecule has 8 heteroatoms. The summed E-state index contributed by atoms with van der Waals surface area (Å²) in [5, 5.41) is 13.3. The van der Waals surface area contributed by atoms with Crippen LogP contribution >= 0.6 is 0 Å².